The van der Waals surface area contributed by atoms with Crippen LogP contribution in [0.15, 0.2) is 65.5 Å². The molecule has 0 fully saturated rings. The van der Waals surface area contributed by atoms with E-state index in [4.69, 9.17) is 9.15 Å². The maximum absolute atomic E-state index is 12.8. The smallest absolute Gasteiger partial charge is 0.261 e. The number of aromatic nitrogens is 1. The van der Waals surface area contributed by atoms with Crippen LogP contribution in [-0.4, -0.2) is 22.4 Å². The average Bonchev–Trinajstić information content (AvgIpc) is 3.14. The first-order chi connectivity index (χ1) is 12.6. The highest BCUT2D eigenvalue weighted by Gasteiger charge is 2.17. The predicted molar refractivity (Wildman–Crippen MR) is 98.6 cm³/mol. The van der Waals surface area contributed by atoms with Gasteiger partial charge in [-0.3, -0.25) is 9.78 Å². The summed E-state index contributed by atoms with van der Waals surface area (Å²) in [5.74, 6) is 1.39. The fourth-order valence-electron chi connectivity index (χ4n) is 2.79. The molecular weight excluding hydrogens is 328 g/mol. The summed E-state index contributed by atoms with van der Waals surface area (Å²) in [6.45, 7) is 4.76. The van der Waals surface area contributed by atoms with Gasteiger partial charge in [-0.25, -0.2) is 0 Å². The van der Waals surface area contributed by atoms with E-state index in [0.29, 0.717) is 13.1 Å². The maximum Gasteiger partial charge on any atom is 0.261 e. The van der Waals surface area contributed by atoms with E-state index >= 15 is 0 Å². The van der Waals surface area contributed by atoms with Crippen molar-refractivity contribution in [2.45, 2.75) is 26.9 Å². The molecule has 0 saturated carbocycles. The summed E-state index contributed by atoms with van der Waals surface area (Å²) in [7, 11) is 0. The van der Waals surface area contributed by atoms with Crippen molar-refractivity contribution in [3.63, 3.8) is 0 Å². The highest BCUT2D eigenvalue weighted by Crippen LogP contribution is 2.22. The molecule has 0 bridgehead atoms. The number of nitrogens with zero attached hydrogens (tertiary/aromatic N) is 2. The van der Waals surface area contributed by atoms with Gasteiger partial charge in [0.15, 0.2) is 6.61 Å². The Morgan fingerprint density at radius 2 is 1.88 bits per heavy atom. The van der Waals surface area contributed by atoms with E-state index in [0.717, 1.165) is 28.2 Å². The molecule has 5 heteroatoms. The summed E-state index contributed by atoms with van der Waals surface area (Å²) in [5.41, 5.74) is 2.99. The van der Waals surface area contributed by atoms with Crippen molar-refractivity contribution in [1.82, 2.24) is 9.88 Å². The number of para-hydroxylation sites is 1. The Morgan fingerprint density at radius 3 is 2.54 bits per heavy atom. The van der Waals surface area contributed by atoms with E-state index in [2.05, 4.69) is 4.98 Å². The molecule has 0 radical (unpaired) electrons. The third-order valence-electron chi connectivity index (χ3n) is 4.12. The number of furan rings is 1. The molecule has 26 heavy (non-hydrogen) atoms. The van der Waals surface area contributed by atoms with E-state index in [1.165, 1.54) is 0 Å². The van der Waals surface area contributed by atoms with Crippen molar-refractivity contribution < 1.29 is 13.9 Å². The second kappa shape index (κ2) is 8.34. The van der Waals surface area contributed by atoms with Crippen molar-refractivity contribution in [1.29, 1.82) is 0 Å². The first kappa shape index (κ1) is 17.7. The first-order valence-corrected chi connectivity index (χ1v) is 8.51. The second-order valence-corrected chi connectivity index (χ2v) is 6.20. The van der Waals surface area contributed by atoms with Gasteiger partial charge in [0.2, 0.25) is 0 Å². The van der Waals surface area contributed by atoms with E-state index in [1.54, 1.807) is 23.6 Å². The number of carbonyl (C=O) groups is 1. The van der Waals surface area contributed by atoms with Crippen LogP contribution in [-0.2, 0) is 17.9 Å². The lowest BCUT2D eigenvalue weighted by Gasteiger charge is -2.22. The quantitative estimate of drug-likeness (QED) is 0.648. The summed E-state index contributed by atoms with van der Waals surface area (Å²) in [5, 5.41) is 0. The van der Waals surface area contributed by atoms with Gasteiger partial charge in [0.05, 0.1) is 12.8 Å². The highest BCUT2D eigenvalue weighted by atomic mass is 16.5. The number of aryl methyl sites for hydroxylation is 2. The molecule has 5 nitrogen and oxygen atoms in total. The third kappa shape index (κ3) is 4.51. The number of ether oxygens (including phenoxy) is 1. The molecule has 0 aliphatic rings. The molecule has 1 aromatic carbocycles. The van der Waals surface area contributed by atoms with E-state index in [9.17, 15) is 4.79 Å². The van der Waals surface area contributed by atoms with Crippen LogP contribution >= 0.6 is 0 Å². The summed E-state index contributed by atoms with van der Waals surface area (Å²) in [6, 6.07) is 13.4. The Balaban J connectivity index is 1.71. The van der Waals surface area contributed by atoms with E-state index in [-0.39, 0.29) is 12.5 Å². The maximum atomic E-state index is 12.8. The van der Waals surface area contributed by atoms with Crippen LogP contribution in [0.2, 0.25) is 0 Å². The number of benzene rings is 1. The second-order valence-electron chi connectivity index (χ2n) is 6.20. The van der Waals surface area contributed by atoms with Crippen LogP contribution in [0.25, 0.3) is 0 Å². The molecule has 1 amide bonds. The number of carbonyl (C=O) groups excluding carboxylic acids is 1. The number of amides is 1. The summed E-state index contributed by atoms with van der Waals surface area (Å²) >= 11 is 0. The van der Waals surface area contributed by atoms with Gasteiger partial charge in [-0.2, -0.15) is 0 Å². The minimum absolute atomic E-state index is 0.0212. The third-order valence-corrected chi connectivity index (χ3v) is 4.12. The molecule has 0 atom stereocenters. The van der Waals surface area contributed by atoms with Gasteiger partial charge in [-0.15, -0.1) is 0 Å². The number of hydrogen-bond donors (Lipinski definition) is 0. The molecule has 134 valence electrons. The topological polar surface area (TPSA) is 55.6 Å². The molecule has 2 heterocycles. The Morgan fingerprint density at radius 1 is 1.08 bits per heavy atom. The van der Waals surface area contributed by atoms with Crippen molar-refractivity contribution in [3.8, 4) is 5.75 Å². The number of pyridine rings is 1. The van der Waals surface area contributed by atoms with Crippen LogP contribution in [0.3, 0.4) is 0 Å². The number of hydrogen-bond acceptors (Lipinski definition) is 4. The van der Waals surface area contributed by atoms with Gasteiger partial charge < -0.3 is 14.1 Å². The van der Waals surface area contributed by atoms with Gasteiger partial charge >= 0.3 is 0 Å². The van der Waals surface area contributed by atoms with Crippen molar-refractivity contribution >= 4 is 5.91 Å². The lowest BCUT2D eigenvalue weighted by Crippen LogP contribution is -2.34. The summed E-state index contributed by atoms with van der Waals surface area (Å²) in [6.07, 6.45) is 5.08. The summed E-state index contributed by atoms with van der Waals surface area (Å²) < 4.78 is 11.2. The molecule has 3 aromatic rings. The lowest BCUT2D eigenvalue weighted by molar-refractivity contribution is -0.134. The van der Waals surface area contributed by atoms with Crippen LogP contribution in [0.4, 0.5) is 0 Å². The standard InChI is InChI=1S/C21H22N2O3/c1-16-6-3-7-17(2)21(16)26-15-20(24)23(14-19-9-5-11-25-19)13-18-8-4-10-22-12-18/h3-12H,13-15H2,1-2H3. The van der Waals surface area contributed by atoms with Crippen LogP contribution < -0.4 is 4.74 Å². The molecule has 0 unspecified atom stereocenters. The van der Waals surface area contributed by atoms with Gasteiger partial charge in [-0.1, -0.05) is 24.3 Å². The Bertz CT molecular complexity index is 825. The Hall–Kier alpha value is -3.08. The van der Waals surface area contributed by atoms with Gasteiger partial charge in [0.25, 0.3) is 5.91 Å². The zero-order valence-electron chi connectivity index (χ0n) is 15.0. The molecule has 2 aromatic heterocycles. The minimum Gasteiger partial charge on any atom is -0.483 e. The monoisotopic (exact) mass is 350 g/mol. The largest absolute Gasteiger partial charge is 0.483 e. The molecular formula is C21H22N2O3. The SMILES string of the molecule is Cc1cccc(C)c1OCC(=O)N(Cc1cccnc1)Cc1ccco1. The van der Waals surface area contributed by atoms with Crippen LogP contribution in [0.5, 0.6) is 5.75 Å². The predicted octanol–water partition coefficient (Wildman–Crippen LogP) is 3.90. The highest BCUT2D eigenvalue weighted by molar-refractivity contribution is 5.77. The number of rotatable bonds is 7. The van der Waals surface area contributed by atoms with Crippen LogP contribution in [0, 0.1) is 13.8 Å². The van der Waals surface area contributed by atoms with Crippen molar-refractivity contribution in [2.24, 2.45) is 0 Å². The van der Waals surface area contributed by atoms with Gasteiger partial charge in [-0.05, 0) is 48.7 Å². The first-order valence-electron chi connectivity index (χ1n) is 8.51. The Labute approximate surface area is 153 Å². The summed E-state index contributed by atoms with van der Waals surface area (Å²) in [4.78, 5) is 18.6. The van der Waals surface area contributed by atoms with Crippen LogP contribution in [0.1, 0.15) is 22.5 Å². The van der Waals surface area contributed by atoms with Crippen molar-refractivity contribution in [2.75, 3.05) is 6.61 Å². The Kier molecular flexibility index (Phi) is 5.69. The molecule has 0 aliphatic heterocycles. The van der Waals surface area contributed by atoms with E-state index in [1.807, 2.05) is 56.3 Å². The lowest BCUT2D eigenvalue weighted by atomic mass is 10.1. The fraction of sp³-hybridized carbons (Fsp3) is 0.238. The average molecular weight is 350 g/mol. The molecule has 0 N–H and O–H groups in total. The van der Waals surface area contributed by atoms with Gasteiger partial charge in [0, 0.05) is 18.9 Å². The molecule has 0 aliphatic carbocycles. The van der Waals surface area contributed by atoms with E-state index < -0.39 is 0 Å². The zero-order valence-corrected chi connectivity index (χ0v) is 15.0. The molecule has 0 saturated heterocycles. The zero-order chi connectivity index (χ0) is 18.4. The fourth-order valence-corrected chi connectivity index (χ4v) is 2.79. The molecule has 3 rings (SSSR count). The van der Waals surface area contributed by atoms with Crippen molar-refractivity contribution in [3.05, 3.63) is 83.6 Å². The minimum atomic E-state index is -0.104. The normalized spacial score (nSPS) is 10.5. The molecule has 0 spiro atoms. The van der Waals surface area contributed by atoms with Gasteiger partial charge in [0.1, 0.15) is 11.5 Å².